The van der Waals surface area contributed by atoms with Gasteiger partial charge in [0.15, 0.2) is 0 Å². The molecule has 0 saturated heterocycles. The van der Waals surface area contributed by atoms with Crippen molar-refractivity contribution >= 4 is 22.4 Å². The maximum Gasteiger partial charge on any atom is 0.257 e. The maximum atomic E-state index is 12.2. The van der Waals surface area contributed by atoms with Gasteiger partial charge in [-0.3, -0.25) is 10.1 Å². The zero-order valence-electron chi connectivity index (χ0n) is 11.6. The second-order valence-electron chi connectivity index (χ2n) is 4.83. The number of nitrogens with zero attached hydrogens (tertiary/aromatic N) is 2. The number of carbonyl (C=O) groups is 1. The lowest BCUT2D eigenvalue weighted by Crippen LogP contribution is -2.13. The van der Waals surface area contributed by atoms with Crippen LogP contribution in [0.5, 0.6) is 0 Å². The molecule has 0 bridgehead atoms. The van der Waals surface area contributed by atoms with Gasteiger partial charge in [-0.05, 0) is 26.2 Å². The van der Waals surface area contributed by atoms with Crippen LogP contribution in [0.1, 0.15) is 18.4 Å². The average molecular weight is 290 g/mol. The molecule has 1 fully saturated rings. The normalized spacial score (nSPS) is 22.6. The molecule has 106 valence electrons. The van der Waals surface area contributed by atoms with E-state index in [-0.39, 0.29) is 11.9 Å². The highest BCUT2D eigenvalue weighted by Crippen LogP contribution is 2.35. The first-order chi connectivity index (χ1) is 9.51. The number of amides is 1. The fourth-order valence-electron chi connectivity index (χ4n) is 1.92. The molecular weight excluding hydrogens is 272 g/mol. The summed E-state index contributed by atoms with van der Waals surface area (Å²) in [6.45, 7) is 7.48. The molecule has 1 amide bonds. The summed E-state index contributed by atoms with van der Waals surface area (Å²) in [6.07, 6.45) is 6.13. The predicted molar refractivity (Wildman–Crippen MR) is 81.4 cm³/mol. The number of allylic oxidation sites excluding steroid dienone is 2. The highest BCUT2D eigenvalue weighted by molar-refractivity contribution is 7.15. The lowest BCUT2D eigenvalue weighted by molar-refractivity contribution is -0.112. The van der Waals surface area contributed by atoms with Crippen molar-refractivity contribution < 1.29 is 4.79 Å². The molecule has 1 saturated carbocycles. The lowest BCUT2D eigenvalue weighted by atomic mass is 10.1. The molecule has 1 aromatic rings. The molecule has 0 spiro atoms. The van der Waals surface area contributed by atoms with E-state index in [2.05, 4.69) is 22.1 Å². The van der Waals surface area contributed by atoms with E-state index < -0.39 is 0 Å². The fraction of sp³-hybridized carbons (Fsp3) is 0.357. The zero-order chi connectivity index (χ0) is 14.7. The van der Waals surface area contributed by atoms with Crippen molar-refractivity contribution in [2.75, 3.05) is 5.32 Å². The summed E-state index contributed by atoms with van der Waals surface area (Å²) in [5, 5.41) is 11.8. The van der Waals surface area contributed by atoms with Crippen LogP contribution in [-0.4, -0.2) is 22.1 Å². The van der Waals surface area contributed by atoms with Gasteiger partial charge in [-0.15, -0.1) is 10.2 Å². The second-order valence-corrected chi connectivity index (χ2v) is 6.01. The minimum Gasteiger partial charge on any atom is -0.327 e. The van der Waals surface area contributed by atoms with Gasteiger partial charge >= 0.3 is 0 Å². The highest BCUT2D eigenvalue weighted by Gasteiger charge is 2.34. The van der Waals surface area contributed by atoms with E-state index in [4.69, 9.17) is 5.73 Å². The number of hydrogen-bond acceptors (Lipinski definition) is 5. The summed E-state index contributed by atoms with van der Waals surface area (Å²) in [6, 6.07) is 0.227. The van der Waals surface area contributed by atoms with Crippen molar-refractivity contribution in [2.24, 2.45) is 11.7 Å². The van der Waals surface area contributed by atoms with Crippen LogP contribution in [0.3, 0.4) is 0 Å². The minimum absolute atomic E-state index is 0.213. The number of anilines is 1. The van der Waals surface area contributed by atoms with Crippen LogP contribution in [0.2, 0.25) is 0 Å². The number of nitrogens with one attached hydrogen (secondary N) is 1. The first-order valence-electron chi connectivity index (χ1n) is 6.39. The summed E-state index contributed by atoms with van der Waals surface area (Å²) in [5.41, 5.74) is 7.49. The minimum atomic E-state index is -0.213. The number of hydrogen-bond donors (Lipinski definition) is 2. The van der Waals surface area contributed by atoms with E-state index >= 15 is 0 Å². The van der Waals surface area contributed by atoms with E-state index in [1.807, 2.05) is 19.9 Å². The third kappa shape index (κ3) is 3.61. The van der Waals surface area contributed by atoms with Gasteiger partial charge < -0.3 is 5.73 Å². The van der Waals surface area contributed by atoms with Crippen molar-refractivity contribution in [3.63, 3.8) is 0 Å². The van der Waals surface area contributed by atoms with E-state index in [1.54, 1.807) is 12.2 Å². The number of carbonyl (C=O) groups excluding carboxylic acids is 1. The monoisotopic (exact) mass is 290 g/mol. The summed E-state index contributed by atoms with van der Waals surface area (Å²) >= 11 is 1.34. The van der Waals surface area contributed by atoms with Crippen LogP contribution < -0.4 is 11.1 Å². The van der Waals surface area contributed by atoms with Crippen LogP contribution in [-0.2, 0) is 4.79 Å². The Morgan fingerprint density at radius 3 is 2.75 bits per heavy atom. The van der Waals surface area contributed by atoms with Crippen molar-refractivity contribution in [3.05, 3.63) is 41.0 Å². The van der Waals surface area contributed by atoms with E-state index in [9.17, 15) is 4.79 Å². The Morgan fingerprint density at radius 1 is 1.55 bits per heavy atom. The molecule has 1 aliphatic rings. The van der Waals surface area contributed by atoms with Gasteiger partial charge in [0.05, 0.1) is 0 Å². The molecule has 6 heteroatoms. The van der Waals surface area contributed by atoms with Gasteiger partial charge in [0.2, 0.25) is 5.13 Å². The Morgan fingerprint density at radius 2 is 2.25 bits per heavy atom. The third-order valence-corrected chi connectivity index (χ3v) is 3.87. The second kappa shape index (κ2) is 6.11. The molecule has 2 rings (SSSR count). The summed E-state index contributed by atoms with van der Waals surface area (Å²) in [5.74, 6) is 0.175. The molecule has 3 N–H and O–H groups in total. The van der Waals surface area contributed by atoms with E-state index in [0.29, 0.717) is 16.6 Å². The molecule has 2 unspecified atom stereocenters. The van der Waals surface area contributed by atoms with Gasteiger partial charge in [0.25, 0.3) is 5.91 Å². The standard InChI is InChI=1S/C14H18N4OS/c1-4-5-10(6-8(2)11-7-12(11)15)13(19)16-14-18-17-9(3)20-14/h4-6,11-12H,1,7,15H2,2-3H3,(H,16,18,19)/b8-6+,10-5+. The largest absolute Gasteiger partial charge is 0.327 e. The predicted octanol–water partition coefficient (Wildman–Crippen LogP) is 2.19. The number of aryl methyl sites for hydroxylation is 1. The van der Waals surface area contributed by atoms with Gasteiger partial charge in [-0.2, -0.15) is 0 Å². The third-order valence-electron chi connectivity index (χ3n) is 3.11. The number of aromatic nitrogens is 2. The molecule has 1 heterocycles. The fourth-order valence-corrected chi connectivity index (χ4v) is 2.51. The van der Waals surface area contributed by atoms with Crippen molar-refractivity contribution in [2.45, 2.75) is 26.3 Å². The average Bonchev–Trinajstić information content (AvgIpc) is 2.99. The van der Waals surface area contributed by atoms with Crippen LogP contribution >= 0.6 is 11.3 Å². The molecule has 2 atom stereocenters. The Hall–Kier alpha value is -1.79. The molecule has 20 heavy (non-hydrogen) atoms. The Bertz CT molecular complexity index is 588. The van der Waals surface area contributed by atoms with Gasteiger partial charge in [-0.25, -0.2) is 0 Å². The van der Waals surface area contributed by atoms with Crippen molar-refractivity contribution in [1.82, 2.24) is 10.2 Å². The van der Waals surface area contributed by atoms with Crippen molar-refractivity contribution in [1.29, 1.82) is 0 Å². The Kier molecular flexibility index (Phi) is 4.46. The quantitative estimate of drug-likeness (QED) is 0.643. The Balaban J connectivity index is 2.10. The summed E-state index contributed by atoms with van der Waals surface area (Å²) in [7, 11) is 0. The number of nitrogens with two attached hydrogens (primary N) is 1. The van der Waals surface area contributed by atoms with Gasteiger partial charge in [-0.1, -0.05) is 41.7 Å². The molecule has 5 nitrogen and oxygen atoms in total. The van der Waals surface area contributed by atoms with Crippen molar-refractivity contribution in [3.8, 4) is 0 Å². The molecular formula is C14H18N4OS. The molecule has 0 radical (unpaired) electrons. The van der Waals surface area contributed by atoms with Gasteiger partial charge in [0, 0.05) is 11.6 Å². The maximum absolute atomic E-state index is 12.2. The Labute approximate surface area is 122 Å². The molecule has 0 aliphatic heterocycles. The van der Waals surface area contributed by atoms with E-state index in [1.165, 1.54) is 11.3 Å². The number of rotatable bonds is 5. The molecule has 0 aromatic carbocycles. The van der Waals surface area contributed by atoms with Gasteiger partial charge in [0.1, 0.15) is 5.01 Å². The highest BCUT2D eigenvalue weighted by atomic mass is 32.1. The van der Waals surface area contributed by atoms with Crippen LogP contribution in [0.15, 0.2) is 36.0 Å². The SMILES string of the molecule is C=C/C=C(\C=C(/C)C1CC1N)C(=O)Nc1nnc(C)s1. The smallest absolute Gasteiger partial charge is 0.257 e. The lowest BCUT2D eigenvalue weighted by Gasteiger charge is -2.04. The van der Waals surface area contributed by atoms with Crippen LogP contribution in [0, 0.1) is 12.8 Å². The van der Waals surface area contributed by atoms with Crippen LogP contribution in [0.4, 0.5) is 5.13 Å². The summed E-state index contributed by atoms with van der Waals surface area (Å²) in [4.78, 5) is 12.2. The first kappa shape index (κ1) is 14.6. The van der Waals surface area contributed by atoms with E-state index in [0.717, 1.165) is 17.0 Å². The van der Waals surface area contributed by atoms with Crippen LogP contribution in [0.25, 0.3) is 0 Å². The zero-order valence-corrected chi connectivity index (χ0v) is 12.4. The molecule has 1 aliphatic carbocycles. The first-order valence-corrected chi connectivity index (χ1v) is 7.21. The topological polar surface area (TPSA) is 80.9 Å². The summed E-state index contributed by atoms with van der Waals surface area (Å²) < 4.78 is 0. The molecule has 1 aromatic heterocycles.